The van der Waals surface area contributed by atoms with Gasteiger partial charge in [0.15, 0.2) is 5.78 Å². The molecule has 24 heavy (non-hydrogen) atoms. The van der Waals surface area contributed by atoms with Crippen LogP contribution >= 0.6 is 22.6 Å². The van der Waals surface area contributed by atoms with E-state index in [1.54, 1.807) is 0 Å². The second kappa shape index (κ2) is 7.51. The fourth-order valence-electron chi connectivity index (χ4n) is 3.17. The minimum absolute atomic E-state index is 0.103. The Labute approximate surface area is 157 Å². The molecular formula is C21H22INO. The Morgan fingerprint density at radius 2 is 1.96 bits per heavy atom. The highest BCUT2D eigenvalue weighted by Crippen LogP contribution is 2.28. The number of nitrogens with zero attached hydrogens (tertiary/aromatic N) is 1. The standard InChI is InChI=1S/C21H22INO/c1-3-4-8-15(2)23-14-19(18-11-5-6-12-20(18)23)21(24)16-9-7-10-17(22)13-16/h5-7,9-15H,3-4,8H2,1-2H3. The maximum Gasteiger partial charge on any atom is 0.195 e. The van der Waals surface area contributed by atoms with Gasteiger partial charge in [0.1, 0.15) is 0 Å². The van der Waals surface area contributed by atoms with Crippen molar-refractivity contribution in [2.75, 3.05) is 0 Å². The second-order valence-electron chi connectivity index (χ2n) is 6.30. The van der Waals surface area contributed by atoms with Crippen molar-refractivity contribution in [2.45, 2.75) is 39.2 Å². The molecule has 0 fully saturated rings. The number of hydrogen-bond acceptors (Lipinski definition) is 1. The van der Waals surface area contributed by atoms with Gasteiger partial charge in [0.05, 0.1) is 0 Å². The molecule has 2 nitrogen and oxygen atoms in total. The van der Waals surface area contributed by atoms with Gasteiger partial charge in [-0.25, -0.2) is 0 Å². The van der Waals surface area contributed by atoms with Crippen LogP contribution in [0.5, 0.6) is 0 Å². The van der Waals surface area contributed by atoms with Crippen LogP contribution in [0.1, 0.15) is 55.1 Å². The maximum absolute atomic E-state index is 13.0. The first-order valence-electron chi connectivity index (χ1n) is 8.51. The average molecular weight is 431 g/mol. The van der Waals surface area contributed by atoms with Gasteiger partial charge in [0.25, 0.3) is 0 Å². The first-order chi connectivity index (χ1) is 11.6. The normalized spacial score (nSPS) is 12.5. The molecular weight excluding hydrogens is 409 g/mol. The fourth-order valence-corrected chi connectivity index (χ4v) is 3.72. The van der Waals surface area contributed by atoms with E-state index in [1.165, 1.54) is 12.8 Å². The molecule has 1 aromatic heterocycles. The summed E-state index contributed by atoms with van der Waals surface area (Å²) >= 11 is 2.25. The van der Waals surface area contributed by atoms with Crippen molar-refractivity contribution in [1.29, 1.82) is 0 Å². The van der Waals surface area contributed by atoms with Gasteiger partial charge in [-0.05, 0) is 54.1 Å². The van der Waals surface area contributed by atoms with Crippen molar-refractivity contribution in [1.82, 2.24) is 4.57 Å². The van der Waals surface area contributed by atoms with Gasteiger partial charge in [0, 0.05) is 37.8 Å². The van der Waals surface area contributed by atoms with Gasteiger partial charge in [-0.15, -0.1) is 0 Å². The molecule has 0 aliphatic carbocycles. The fraction of sp³-hybridized carbons (Fsp3) is 0.286. The van der Waals surface area contributed by atoms with E-state index in [4.69, 9.17) is 0 Å². The molecule has 0 saturated carbocycles. The second-order valence-corrected chi connectivity index (χ2v) is 7.54. The van der Waals surface area contributed by atoms with Gasteiger partial charge < -0.3 is 4.57 Å². The highest BCUT2D eigenvalue weighted by atomic mass is 127. The van der Waals surface area contributed by atoms with Crippen LogP contribution < -0.4 is 0 Å². The minimum Gasteiger partial charge on any atom is -0.344 e. The zero-order valence-electron chi connectivity index (χ0n) is 14.1. The summed E-state index contributed by atoms with van der Waals surface area (Å²) in [7, 11) is 0. The van der Waals surface area contributed by atoms with Crippen molar-refractivity contribution >= 4 is 39.3 Å². The number of carbonyl (C=O) groups is 1. The lowest BCUT2D eigenvalue weighted by atomic mass is 10.0. The molecule has 0 aliphatic rings. The summed E-state index contributed by atoms with van der Waals surface area (Å²) in [5, 5.41) is 1.05. The number of hydrogen-bond donors (Lipinski definition) is 0. The molecule has 3 heteroatoms. The number of carbonyl (C=O) groups excluding carboxylic acids is 1. The highest BCUT2D eigenvalue weighted by molar-refractivity contribution is 14.1. The lowest BCUT2D eigenvalue weighted by Gasteiger charge is -2.14. The van der Waals surface area contributed by atoms with Gasteiger partial charge in [-0.3, -0.25) is 4.79 Å². The summed E-state index contributed by atoms with van der Waals surface area (Å²) < 4.78 is 3.35. The number of rotatable bonds is 6. The van der Waals surface area contributed by atoms with E-state index >= 15 is 0 Å². The lowest BCUT2D eigenvalue weighted by Crippen LogP contribution is -2.04. The molecule has 1 heterocycles. The lowest BCUT2D eigenvalue weighted by molar-refractivity contribution is 0.104. The molecule has 124 valence electrons. The van der Waals surface area contributed by atoms with Crippen LogP contribution in [0.2, 0.25) is 0 Å². The van der Waals surface area contributed by atoms with Gasteiger partial charge >= 0.3 is 0 Å². The van der Waals surface area contributed by atoms with E-state index in [0.717, 1.165) is 32.0 Å². The first-order valence-corrected chi connectivity index (χ1v) is 9.59. The van der Waals surface area contributed by atoms with Crippen molar-refractivity contribution in [2.24, 2.45) is 0 Å². The number of halogens is 1. The Morgan fingerprint density at radius 1 is 1.17 bits per heavy atom. The van der Waals surface area contributed by atoms with Crippen LogP contribution in [0.3, 0.4) is 0 Å². The summed E-state index contributed by atoms with van der Waals surface area (Å²) in [5.74, 6) is 0.103. The number of unbranched alkanes of at least 4 members (excludes halogenated alkanes) is 1. The largest absolute Gasteiger partial charge is 0.344 e. The van der Waals surface area contributed by atoms with E-state index in [0.29, 0.717) is 6.04 Å². The van der Waals surface area contributed by atoms with Gasteiger partial charge in [0.2, 0.25) is 0 Å². The monoisotopic (exact) mass is 431 g/mol. The smallest absolute Gasteiger partial charge is 0.195 e. The molecule has 0 saturated heterocycles. The third-order valence-electron chi connectivity index (χ3n) is 4.52. The summed E-state index contributed by atoms with van der Waals surface area (Å²) in [6.45, 7) is 4.45. The predicted molar refractivity (Wildman–Crippen MR) is 109 cm³/mol. The third-order valence-corrected chi connectivity index (χ3v) is 5.19. The zero-order chi connectivity index (χ0) is 17.1. The molecule has 2 aromatic carbocycles. The van der Waals surface area contributed by atoms with Crippen molar-refractivity contribution in [3.8, 4) is 0 Å². The minimum atomic E-state index is 0.103. The molecule has 3 rings (SSSR count). The van der Waals surface area contributed by atoms with Gasteiger partial charge in [-0.2, -0.15) is 0 Å². The average Bonchev–Trinajstić information content (AvgIpc) is 2.99. The molecule has 0 amide bonds. The number of fused-ring (bicyclic) bond motifs is 1. The predicted octanol–water partition coefficient (Wildman–Crippen LogP) is 6.23. The number of para-hydroxylation sites is 1. The van der Waals surface area contributed by atoms with Crippen LogP contribution in [-0.2, 0) is 0 Å². The van der Waals surface area contributed by atoms with E-state index < -0.39 is 0 Å². The molecule has 3 aromatic rings. The molecule has 0 N–H and O–H groups in total. The molecule has 0 spiro atoms. The zero-order valence-corrected chi connectivity index (χ0v) is 16.3. The van der Waals surface area contributed by atoms with Crippen LogP contribution in [-0.4, -0.2) is 10.4 Å². The summed E-state index contributed by atoms with van der Waals surface area (Å²) in [6, 6.07) is 16.4. The first kappa shape index (κ1) is 17.2. The Morgan fingerprint density at radius 3 is 2.71 bits per heavy atom. The Bertz CT molecular complexity index is 865. The van der Waals surface area contributed by atoms with E-state index in [9.17, 15) is 4.79 Å². The molecule has 1 atom stereocenters. The number of aromatic nitrogens is 1. The Hall–Kier alpha value is -1.62. The third kappa shape index (κ3) is 3.41. The molecule has 0 aliphatic heterocycles. The van der Waals surface area contributed by atoms with Crippen LogP contribution in [0.25, 0.3) is 10.9 Å². The van der Waals surface area contributed by atoms with Crippen molar-refractivity contribution in [3.63, 3.8) is 0 Å². The van der Waals surface area contributed by atoms with Crippen molar-refractivity contribution < 1.29 is 4.79 Å². The van der Waals surface area contributed by atoms with Crippen LogP contribution in [0.15, 0.2) is 54.7 Å². The van der Waals surface area contributed by atoms with E-state index in [-0.39, 0.29) is 5.78 Å². The summed E-state index contributed by atoms with van der Waals surface area (Å²) in [6.07, 6.45) is 5.57. The maximum atomic E-state index is 13.0. The topological polar surface area (TPSA) is 22.0 Å². The molecule has 1 unspecified atom stereocenters. The molecule has 0 bridgehead atoms. The summed E-state index contributed by atoms with van der Waals surface area (Å²) in [4.78, 5) is 13.0. The van der Waals surface area contributed by atoms with E-state index in [1.807, 2.05) is 42.6 Å². The van der Waals surface area contributed by atoms with Crippen LogP contribution in [0.4, 0.5) is 0 Å². The Balaban J connectivity index is 2.07. The number of ketones is 1. The van der Waals surface area contributed by atoms with Crippen LogP contribution in [0, 0.1) is 3.57 Å². The highest BCUT2D eigenvalue weighted by Gasteiger charge is 2.18. The Kier molecular flexibility index (Phi) is 5.39. The number of benzene rings is 2. The summed E-state index contributed by atoms with van der Waals surface area (Å²) in [5.41, 5.74) is 2.71. The van der Waals surface area contributed by atoms with Gasteiger partial charge in [-0.1, -0.05) is 50.1 Å². The molecule has 0 radical (unpaired) electrons. The van der Waals surface area contributed by atoms with Crippen molar-refractivity contribution in [3.05, 3.63) is 69.4 Å². The SMILES string of the molecule is CCCCC(C)n1cc(C(=O)c2cccc(I)c2)c2ccccc21. The van der Waals surface area contributed by atoms with E-state index in [2.05, 4.69) is 53.1 Å². The quantitative estimate of drug-likeness (QED) is 0.335.